The number of nitrogens with one attached hydrogen (secondary N) is 2. The molecule has 2 fully saturated rings. The number of rotatable bonds is 3. The number of amides is 2. The summed E-state index contributed by atoms with van der Waals surface area (Å²) in [5, 5.41) is 6.49. The van der Waals surface area contributed by atoms with Crippen LogP contribution in [0, 0.1) is 5.92 Å². The van der Waals surface area contributed by atoms with Crippen LogP contribution in [0.5, 0.6) is 0 Å². The van der Waals surface area contributed by atoms with E-state index in [1.54, 1.807) is 4.90 Å². The Morgan fingerprint density at radius 3 is 2.61 bits per heavy atom. The molecule has 0 aromatic rings. The summed E-state index contributed by atoms with van der Waals surface area (Å²) in [6.45, 7) is 10.2. The van der Waals surface area contributed by atoms with Gasteiger partial charge in [0, 0.05) is 12.6 Å². The normalized spacial score (nSPS) is 26.7. The Morgan fingerprint density at radius 2 is 2.00 bits per heavy atom. The average Bonchev–Trinajstić information content (AvgIpc) is 2.96. The van der Waals surface area contributed by atoms with Gasteiger partial charge in [-0.15, -0.1) is 0 Å². The van der Waals surface area contributed by atoms with Gasteiger partial charge in [-0.25, -0.2) is 4.79 Å². The fraction of sp³-hybridized carbons (Fsp3) is 0.882. The number of carbonyl (C=O) groups is 2. The van der Waals surface area contributed by atoms with Crippen LogP contribution < -0.4 is 10.6 Å². The molecular formula is C17H31N3O3. The van der Waals surface area contributed by atoms with Crippen molar-refractivity contribution in [3.05, 3.63) is 0 Å². The maximum Gasteiger partial charge on any atom is 0.410 e. The van der Waals surface area contributed by atoms with Crippen LogP contribution in [0.2, 0.25) is 0 Å². The molecule has 0 bridgehead atoms. The fourth-order valence-corrected chi connectivity index (χ4v) is 3.32. The topological polar surface area (TPSA) is 70.7 Å². The van der Waals surface area contributed by atoms with Crippen molar-refractivity contribution in [3.63, 3.8) is 0 Å². The van der Waals surface area contributed by atoms with Crippen molar-refractivity contribution in [2.75, 3.05) is 19.6 Å². The van der Waals surface area contributed by atoms with Crippen molar-refractivity contribution in [1.82, 2.24) is 15.5 Å². The lowest BCUT2D eigenvalue weighted by molar-refractivity contribution is -0.126. The number of hydrogen-bond donors (Lipinski definition) is 2. The third kappa shape index (κ3) is 5.09. The molecule has 0 radical (unpaired) electrons. The summed E-state index contributed by atoms with van der Waals surface area (Å²) in [6, 6.07) is -0.278. The summed E-state index contributed by atoms with van der Waals surface area (Å²) < 4.78 is 5.42. The number of hydrogen-bond acceptors (Lipinski definition) is 4. The predicted octanol–water partition coefficient (Wildman–Crippen LogP) is 1.89. The van der Waals surface area contributed by atoms with E-state index in [9.17, 15) is 9.59 Å². The summed E-state index contributed by atoms with van der Waals surface area (Å²) in [4.78, 5) is 26.5. The Bertz CT molecular complexity index is 427. The molecular weight excluding hydrogens is 294 g/mol. The van der Waals surface area contributed by atoms with E-state index in [2.05, 4.69) is 17.6 Å². The van der Waals surface area contributed by atoms with Gasteiger partial charge in [-0.05, 0) is 72.4 Å². The molecule has 0 aliphatic carbocycles. The number of nitrogens with zero attached hydrogens (tertiary/aromatic N) is 1. The van der Waals surface area contributed by atoms with E-state index in [1.807, 2.05) is 20.8 Å². The molecule has 132 valence electrons. The fourth-order valence-electron chi connectivity index (χ4n) is 3.32. The second kappa shape index (κ2) is 7.51. The highest BCUT2D eigenvalue weighted by molar-refractivity contribution is 5.86. The molecule has 2 amide bonds. The SMILES string of the molecule is CC(NC(=O)C1CCCN1C(=O)OC(C)(C)C)C1CCCNC1. The van der Waals surface area contributed by atoms with Crippen molar-refractivity contribution >= 4 is 12.0 Å². The molecule has 0 saturated carbocycles. The highest BCUT2D eigenvalue weighted by Gasteiger charge is 2.37. The van der Waals surface area contributed by atoms with Gasteiger partial charge in [0.15, 0.2) is 0 Å². The Labute approximate surface area is 139 Å². The molecule has 2 heterocycles. The van der Waals surface area contributed by atoms with Crippen LogP contribution in [0.1, 0.15) is 53.4 Å². The third-order valence-electron chi connectivity index (χ3n) is 4.60. The Balaban J connectivity index is 1.90. The highest BCUT2D eigenvalue weighted by atomic mass is 16.6. The highest BCUT2D eigenvalue weighted by Crippen LogP contribution is 2.22. The molecule has 2 saturated heterocycles. The Kier molecular flexibility index (Phi) is 5.89. The van der Waals surface area contributed by atoms with Gasteiger partial charge in [-0.3, -0.25) is 9.69 Å². The maximum absolute atomic E-state index is 12.6. The molecule has 23 heavy (non-hydrogen) atoms. The Morgan fingerprint density at radius 1 is 1.26 bits per heavy atom. The van der Waals surface area contributed by atoms with Gasteiger partial charge < -0.3 is 15.4 Å². The predicted molar refractivity (Wildman–Crippen MR) is 89.2 cm³/mol. The monoisotopic (exact) mass is 325 g/mol. The molecule has 6 heteroatoms. The van der Waals surface area contributed by atoms with Gasteiger partial charge in [-0.1, -0.05) is 0 Å². The first-order chi connectivity index (χ1) is 10.8. The van der Waals surface area contributed by atoms with Crippen molar-refractivity contribution < 1.29 is 14.3 Å². The number of likely N-dealkylation sites (tertiary alicyclic amines) is 1. The molecule has 3 atom stereocenters. The van der Waals surface area contributed by atoms with Gasteiger partial charge >= 0.3 is 6.09 Å². The molecule has 0 aromatic heterocycles. The Hall–Kier alpha value is -1.30. The molecule has 2 rings (SSSR count). The van der Waals surface area contributed by atoms with Crippen molar-refractivity contribution in [3.8, 4) is 0 Å². The minimum atomic E-state index is -0.540. The number of piperidine rings is 1. The molecule has 2 aliphatic heterocycles. The summed E-state index contributed by atoms with van der Waals surface area (Å²) in [5.74, 6) is 0.413. The van der Waals surface area contributed by atoms with Crippen molar-refractivity contribution in [2.24, 2.45) is 5.92 Å². The lowest BCUT2D eigenvalue weighted by Gasteiger charge is -2.32. The van der Waals surface area contributed by atoms with E-state index in [0.717, 1.165) is 32.4 Å². The van der Waals surface area contributed by atoms with Gasteiger partial charge in [0.2, 0.25) is 5.91 Å². The zero-order chi connectivity index (χ0) is 17.0. The molecule has 0 aromatic carbocycles. The van der Waals surface area contributed by atoms with Gasteiger partial charge in [0.05, 0.1) is 0 Å². The summed E-state index contributed by atoms with van der Waals surface area (Å²) in [6.07, 6.45) is 3.45. The van der Waals surface area contributed by atoms with E-state index in [1.165, 1.54) is 0 Å². The van der Waals surface area contributed by atoms with Crippen LogP contribution in [0.15, 0.2) is 0 Å². The first-order valence-corrected chi connectivity index (χ1v) is 8.78. The maximum atomic E-state index is 12.6. The molecule has 2 N–H and O–H groups in total. The second-order valence-electron chi connectivity index (χ2n) is 7.74. The van der Waals surface area contributed by atoms with Crippen LogP contribution in [0.3, 0.4) is 0 Å². The average molecular weight is 325 g/mol. The van der Waals surface area contributed by atoms with E-state index in [0.29, 0.717) is 18.9 Å². The van der Waals surface area contributed by atoms with E-state index >= 15 is 0 Å². The zero-order valence-corrected chi connectivity index (χ0v) is 14.9. The smallest absolute Gasteiger partial charge is 0.410 e. The minimum Gasteiger partial charge on any atom is -0.444 e. The van der Waals surface area contributed by atoms with E-state index in [4.69, 9.17) is 4.74 Å². The summed E-state index contributed by atoms with van der Waals surface area (Å²) in [7, 11) is 0. The van der Waals surface area contributed by atoms with E-state index < -0.39 is 11.6 Å². The van der Waals surface area contributed by atoms with Gasteiger partial charge in [0.1, 0.15) is 11.6 Å². The zero-order valence-electron chi connectivity index (χ0n) is 14.9. The molecule has 2 aliphatic rings. The van der Waals surface area contributed by atoms with E-state index in [-0.39, 0.29) is 18.0 Å². The largest absolute Gasteiger partial charge is 0.444 e. The summed E-state index contributed by atoms with van der Waals surface area (Å²) in [5.41, 5.74) is -0.540. The third-order valence-corrected chi connectivity index (χ3v) is 4.60. The molecule has 0 spiro atoms. The van der Waals surface area contributed by atoms with Crippen molar-refractivity contribution in [1.29, 1.82) is 0 Å². The molecule has 6 nitrogen and oxygen atoms in total. The number of ether oxygens (including phenoxy) is 1. The van der Waals surface area contributed by atoms with Crippen LogP contribution in [-0.4, -0.2) is 54.2 Å². The van der Waals surface area contributed by atoms with Crippen LogP contribution in [0.4, 0.5) is 4.79 Å². The lowest BCUT2D eigenvalue weighted by Crippen LogP contribution is -2.52. The first kappa shape index (κ1) is 18.0. The quantitative estimate of drug-likeness (QED) is 0.831. The lowest BCUT2D eigenvalue weighted by atomic mass is 9.92. The first-order valence-electron chi connectivity index (χ1n) is 8.78. The molecule has 3 unspecified atom stereocenters. The minimum absolute atomic E-state index is 0.0496. The standard InChI is InChI=1S/C17H31N3O3/c1-12(13-7-5-9-18-11-13)19-15(21)14-8-6-10-20(14)16(22)23-17(2,3)4/h12-14,18H,5-11H2,1-4H3,(H,19,21). The van der Waals surface area contributed by atoms with Crippen LogP contribution >= 0.6 is 0 Å². The van der Waals surface area contributed by atoms with Gasteiger partial charge in [-0.2, -0.15) is 0 Å². The van der Waals surface area contributed by atoms with Crippen LogP contribution in [0.25, 0.3) is 0 Å². The van der Waals surface area contributed by atoms with Crippen molar-refractivity contribution in [2.45, 2.75) is 71.1 Å². The second-order valence-corrected chi connectivity index (χ2v) is 7.74. The number of carbonyl (C=O) groups excluding carboxylic acids is 2. The summed E-state index contributed by atoms with van der Waals surface area (Å²) >= 11 is 0. The van der Waals surface area contributed by atoms with Gasteiger partial charge in [0.25, 0.3) is 0 Å². The van der Waals surface area contributed by atoms with Crippen LogP contribution in [-0.2, 0) is 9.53 Å².